The number of hydrogen-bond acceptors (Lipinski definition) is 3. The normalized spacial score (nSPS) is 26.4. The number of amides is 1. The standard InChI is InChI=1S/C11H20N2O3/c1-2-3-9(12)10(14)13-8-5-4-7(6-8)11(15)16/h7-9H,2-6,12H2,1H3,(H,13,14)(H,15,16)/t7?,8?,9-/m1/s1. The lowest BCUT2D eigenvalue weighted by Crippen LogP contribution is -2.44. The minimum absolute atomic E-state index is 0.0171. The second kappa shape index (κ2) is 5.84. The number of carboxylic acid groups (broad SMARTS) is 1. The number of carboxylic acids is 1. The van der Waals surface area contributed by atoms with Crippen molar-refractivity contribution >= 4 is 11.9 Å². The van der Waals surface area contributed by atoms with Gasteiger partial charge in [0.15, 0.2) is 0 Å². The van der Waals surface area contributed by atoms with Gasteiger partial charge in [-0.15, -0.1) is 0 Å². The second-order valence-corrected chi connectivity index (χ2v) is 4.45. The first kappa shape index (κ1) is 13.0. The van der Waals surface area contributed by atoms with Crippen molar-refractivity contribution in [3.63, 3.8) is 0 Å². The Balaban J connectivity index is 2.33. The summed E-state index contributed by atoms with van der Waals surface area (Å²) in [4.78, 5) is 22.3. The third kappa shape index (κ3) is 3.48. The van der Waals surface area contributed by atoms with Gasteiger partial charge in [-0.25, -0.2) is 0 Å². The van der Waals surface area contributed by atoms with E-state index in [0.717, 1.165) is 12.8 Å². The lowest BCUT2D eigenvalue weighted by Gasteiger charge is -2.16. The molecule has 1 amide bonds. The van der Waals surface area contributed by atoms with Crippen LogP contribution in [0.5, 0.6) is 0 Å². The molecule has 1 aliphatic carbocycles. The molecule has 1 fully saturated rings. The van der Waals surface area contributed by atoms with Crippen molar-refractivity contribution in [1.29, 1.82) is 0 Å². The maximum Gasteiger partial charge on any atom is 0.306 e. The number of carbonyl (C=O) groups excluding carboxylic acids is 1. The van der Waals surface area contributed by atoms with Gasteiger partial charge >= 0.3 is 5.97 Å². The predicted molar refractivity (Wildman–Crippen MR) is 59.8 cm³/mol. The molecule has 4 N–H and O–H groups in total. The lowest BCUT2D eigenvalue weighted by atomic mass is 10.1. The Bertz CT molecular complexity index is 268. The Morgan fingerprint density at radius 1 is 1.50 bits per heavy atom. The molecule has 16 heavy (non-hydrogen) atoms. The van der Waals surface area contributed by atoms with Crippen LogP contribution in [-0.4, -0.2) is 29.1 Å². The highest BCUT2D eigenvalue weighted by atomic mass is 16.4. The summed E-state index contributed by atoms with van der Waals surface area (Å²) in [7, 11) is 0. The molecule has 1 rings (SSSR count). The van der Waals surface area contributed by atoms with Crippen LogP contribution in [0, 0.1) is 5.92 Å². The quantitative estimate of drug-likeness (QED) is 0.638. The van der Waals surface area contributed by atoms with E-state index in [0.29, 0.717) is 19.3 Å². The molecular formula is C11H20N2O3. The highest BCUT2D eigenvalue weighted by molar-refractivity contribution is 5.81. The number of aliphatic carboxylic acids is 1. The fourth-order valence-electron chi connectivity index (χ4n) is 2.09. The maximum atomic E-state index is 11.6. The zero-order chi connectivity index (χ0) is 12.1. The second-order valence-electron chi connectivity index (χ2n) is 4.45. The van der Waals surface area contributed by atoms with E-state index < -0.39 is 12.0 Å². The fourth-order valence-corrected chi connectivity index (χ4v) is 2.09. The fraction of sp³-hybridized carbons (Fsp3) is 0.818. The summed E-state index contributed by atoms with van der Waals surface area (Å²) in [5.41, 5.74) is 5.67. The number of hydrogen-bond donors (Lipinski definition) is 3. The molecule has 0 radical (unpaired) electrons. The predicted octanol–water partition coefficient (Wildman–Crippen LogP) is 0.483. The highest BCUT2D eigenvalue weighted by Crippen LogP contribution is 2.25. The van der Waals surface area contributed by atoms with Gasteiger partial charge in [-0.1, -0.05) is 13.3 Å². The SMILES string of the molecule is CCC[C@@H](N)C(=O)NC1CCC(C(=O)O)C1. The maximum absolute atomic E-state index is 11.6. The van der Waals surface area contributed by atoms with Crippen molar-refractivity contribution in [2.75, 3.05) is 0 Å². The first-order chi connectivity index (χ1) is 7.54. The van der Waals surface area contributed by atoms with Gasteiger partial charge in [-0.2, -0.15) is 0 Å². The average molecular weight is 228 g/mol. The topological polar surface area (TPSA) is 92.4 Å². The Hall–Kier alpha value is -1.10. The molecule has 0 heterocycles. The summed E-state index contributed by atoms with van der Waals surface area (Å²) in [6.07, 6.45) is 3.45. The Morgan fingerprint density at radius 3 is 2.69 bits per heavy atom. The number of nitrogens with one attached hydrogen (secondary N) is 1. The minimum atomic E-state index is -0.769. The van der Waals surface area contributed by atoms with Crippen LogP contribution in [0.4, 0.5) is 0 Å². The Kier molecular flexibility index (Phi) is 4.73. The first-order valence-corrected chi connectivity index (χ1v) is 5.83. The van der Waals surface area contributed by atoms with Crippen molar-refractivity contribution in [3.05, 3.63) is 0 Å². The monoisotopic (exact) mass is 228 g/mol. The van der Waals surface area contributed by atoms with E-state index in [1.165, 1.54) is 0 Å². The third-order valence-electron chi connectivity index (χ3n) is 3.06. The summed E-state index contributed by atoms with van der Waals surface area (Å²) < 4.78 is 0. The molecule has 0 aromatic rings. The van der Waals surface area contributed by atoms with Gasteiger partial charge in [-0.05, 0) is 25.7 Å². The van der Waals surface area contributed by atoms with Gasteiger partial charge in [0.25, 0.3) is 0 Å². The molecule has 3 atom stereocenters. The summed E-state index contributed by atoms with van der Waals surface area (Å²) >= 11 is 0. The van der Waals surface area contributed by atoms with Crippen LogP contribution < -0.4 is 11.1 Å². The lowest BCUT2D eigenvalue weighted by molar-refractivity contribution is -0.141. The van der Waals surface area contributed by atoms with Gasteiger partial charge in [0.05, 0.1) is 12.0 Å². The van der Waals surface area contributed by atoms with Gasteiger partial charge in [0.1, 0.15) is 0 Å². The summed E-state index contributed by atoms with van der Waals surface area (Å²) in [5, 5.41) is 11.6. The van der Waals surface area contributed by atoms with Crippen molar-refractivity contribution in [2.24, 2.45) is 11.7 Å². The molecule has 92 valence electrons. The van der Waals surface area contributed by atoms with E-state index in [1.807, 2.05) is 6.92 Å². The summed E-state index contributed by atoms with van der Waals surface area (Å²) in [6, 6.07) is -0.481. The average Bonchev–Trinajstić information content (AvgIpc) is 2.66. The van der Waals surface area contributed by atoms with E-state index in [9.17, 15) is 9.59 Å². The van der Waals surface area contributed by atoms with E-state index in [4.69, 9.17) is 10.8 Å². The summed E-state index contributed by atoms with van der Waals surface area (Å²) in [5.74, 6) is -1.24. The molecule has 0 aromatic carbocycles. The van der Waals surface area contributed by atoms with E-state index in [-0.39, 0.29) is 17.9 Å². The molecule has 0 spiro atoms. The van der Waals surface area contributed by atoms with Crippen LogP contribution in [0.25, 0.3) is 0 Å². The summed E-state index contributed by atoms with van der Waals surface area (Å²) in [6.45, 7) is 1.98. The van der Waals surface area contributed by atoms with Crippen LogP contribution in [0.2, 0.25) is 0 Å². The largest absolute Gasteiger partial charge is 0.481 e. The smallest absolute Gasteiger partial charge is 0.306 e. The molecule has 5 heteroatoms. The van der Waals surface area contributed by atoms with E-state index in [2.05, 4.69) is 5.32 Å². The highest BCUT2D eigenvalue weighted by Gasteiger charge is 2.31. The third-order valence-corrected chi connectivity index (χ3v) is 3.06. The molecule has 5 nitrogen and oxygen atoms in total. The molecule has 0 bridgehead atoms. The van der Waals surface area contributed by atoms with Crippen molar-refractivity contribution < 1.29 is 14.7 Å². The Labute approximate surface area is 95.4 Å². The van der Waals surface area contributed by atoms with Crippen molar-refractivity contribution in [2.45, 2.75) is 51.1 Å². The van der Waals surface area contributed by atoms with Gasteiger partial charge in [0.2, 0.25) is 5.91 Å². The molecule has 0 saturated heterocycles. The molecule has 0 aliphatic heterocycles. The van der Waals surface area contributed by atoms with Crippen LogP contribution in [-0.2, 0) is 9.59 Å². The molecule has 1 aliphatic rings. The molecule has 1 saturated carbocycles. The van der Waals surface area contributed by atoms with Gasteiger partial charge < -0.3 is 16.2 Å². The molecule has 2 unspecified atom stereocenters. The van der Waals surface area contributed by atoms with Gasteiger partial charge in [0, 0.05) is 6.04 Å². The number of carbonyl (C=O) groups is 2. The van der Waals surface area contributed by atoms with E-state index in [1.54, 1.807) is 0 Å². The zero-order valence-corrected chi connectivity index (χ0v) is 9.61. The van der Waals surface area contributed by atoms with Crippen LogP contribution in [0.3, 0.4) is 0 Å². The van der Waals surface area contributed by atoms with Crippen LogP contribution in [0.15, 0.2) is 0 Å². The molecular weight excluding hydrogens is 208 g/mol. The number of nitrogens with two attached hydrogens (primary N) is 1. The Morgan fingerprint density at radius 2 is 2.19 bits per heavy atom. The zero-order valence-electron chi connectivity index (χ0n) is 9.61. The van der Waals surface area contributed by atoms with E-state index >= 15 is 0 Å². The first-order valence-electron chi connectivity index (χ1n) is 5.83. The van der Waals surface area contributed by atoms with Crippen molar-refractivity contribution in [3.8, 4) is 0 Å². The van der Waals surface area contributed by atoms with Gasteiger partial charge in [-0.3, -0.25) is 9.59 Å². The van der Waals surface area contributed by atoms with Crippen LogP contribution in [0.1, 0.15) is 39.0 Å². The van der Waals surface area contributed by atoms with Crippen LogP contribution >= 0.6 is 0 Å². The minimum Gasteiger partial charge on any atom is -0.481 e. The number of rotatable bonds is 5. The van der Waals surface area contributed by atoms with Crippen molar-refractivity contribution in [1.82, 2.24) is 5.32 Å². The molecule has 0 aromatic heterocycles.